The lowest BCUT2D eigenvalue weighted by molar-refractivity contribution is -0.120. The van der Waals surface area contributed by atoms with E-state index in [0.717, 1.165) is 16.7 Å². The molecule has 1 aliphatic rings. The van der Waals surface area contributed by atoms with Gasteiger partial charge < -0.3 is 14.6 Å². The van der Waals surface area contributed by atoms with Crippen molar-refractivity contribution in [1.29, 1.82) is 0 Å². The standard InChI is InChI=1S/C28H33N3O5S/c1-18-15-19(2)25(20(3)16-18)9-10-26-27(21(4)30-36-26)37(33,34)31-13-11-22(12-14-31)28(32)29-23-7-6-8-24(17-23)35-5/h6-10,15-17,22H,11-14H2,1-5H3,(H,29,32)/b10-9+. The van der Waals surface area contributed by atoms with Crippen molar-refractivity contribution in [3.05, 3.63) is 70.1 Å². The molecule has 0 unspecified atom stereocenters. The van der Waals surface area contributed by atoms with Crippen LogP contribution in [0.4, 0.5) is 5.69 Å². The number of aromatic nitrogens is 1. The molecule has 1 amide bonds. The molecule has 1 saturated heterocycles. The molecule has 3 aromatic rings. The first-order valence-electron chi connectivity index (χ1n) is 12.3. The molecule has 1 fully saturated rings. The van der Waals surface area contributed by atoms with E-state index in [1.807, 2.05) is 26.8 Å². The van der Waals surface area contributed by atoms with E-state index in [1.165, 1.54) is 9.87 Å². The number of carbonyl (C=O) groups excluding carboxylic acids is 1. The molecule has 4 rings (SSSR count). The van der Waals surface area contributed by atoms with Crippen LogP contribution in [0.15, 0.2) is 45.8 Å². The molecule has 1 aromatic heterocycles. The van der Waals surface area contributed by atoms with Gasteiger partial charge in [0.05, 0.1) is 7.11 Å². The number of rotatable bonds is 7. The Labute approximate surface area is 218 Å². The first-order valence-corrected chi connectivity index (χ1v) is 13.7. The van der Waals surface area contributed by atoms with Crippen LogP contribution in [0.2, 0.25) is 0 Å². The number of hydrogen-bond acceptors (Lipinski definition) is 6. The lowest BCUT2D eigenvalue weighted by Crippen LogP contribution is -2.41. The lowest BCUT2D eigenvalue weighted by Gasteiger charge is -2.30. The van der Waals surface area contributed by atoms with Crippen molar-refractivity contribution in [3.63, 3.8) is 0 Å². The van der Waals surface area contributed by atoms with E-state index in [0.29, 0.717) is 30.0 Å². The minimum Gasteiger partial charge on any atom is -0.497 e. The van der Waals surface area contributed by atoms with Crippen LogP contribution in [0.1, 0.15) is 46.5 Å². The van der Waals surface area contributed by atoms with E-state index in [1.54, 1.807) is 44.4 Å². The molecule has 1 N–H and O–H groups in total. The smallest absolute Gasteiger partial charge is 0.248 e. The summed E-state index contributed by atoms with van der Waals surface area (Å²) in [6.45, 7) is 8.20. The summed E-state index contributed by atoms with van der Waals surface area (Å²) < 4.78 is 39.2. The average Bonchev–Trinajstić information content (AvgIpc) is 3.24. The third-order valence-corrected chi connectivity index (χ3v) is 8.79. The second-order valence-electron chi connectivity index (χ2n) is 9.51. The van der Waals surface area contributed by atoms with Gasteiger partial charge in [0.2, 0.25) is 15.9 Å². The Morgan fingerprint density at radius 1 is 1.08 bits per heavy atom. The molecule has 1 aliphatic heterocycles. The van der Waals surface area contributed by atoms with Crippen molar-refractivity contribution in [2.24, 2.45) is 5.92 Å². The molecule has 9 heteroatoms. The number of sulfonamides is 1. The zero-order valence-corrected chi connectivity index (χ0v) is 22.7. The summed E-state index contributed by atoms with van der Waals surface area (Å²) >= 11 is 0. The van der Waals surface area contributed by atoms with E-state index in [9.17, 15) is 13.2 Å². The third kappa shape index (κ3) is 5.78. The first-order chi connectivity index (χ1) is 17.6. The summed E-state index contributed by atoms with van der Waals surface area (Å²) in [5, 5.41) is 6.86. The second-order valence-corrected chi connectivity index (χ2v) is 11.4. The van der Waals surface area contributed by atoms with Gasteiger partial charge in [-0.2, -0.15) is 4.31 Å². The molecule has 37 heavy (non-hydrogen) atoms. The number of piperidine rings is 1. The summed E-state index contributed by atoms with van der Waals surface area (Å²) in [6, 6.07) is 11.3. The van der Waals surface area contributed by atoms with Gasteiger partial charge >= 0.3 is 0 Å². The molecule has 0 atom stereocenters. The highest BCUT2D eigenvalue weighted by molar-refractivity contribution is 7.89. The van der Waals surface area contributed by atoms with Gasteiger partial charge in [-0.25, -0.2) is 8.42 Å². The van der Waals surface area contributed by atoms with Crippen LogP contribution in [-0.2, 0) is 14.8 Å². The van der Waals surface area contributed by atoms with Crippen molar-refractivity contribution in [3.8, 4) is 5.75 Å². The first kappa shape index (κ1) is 26.6. The Hall–Kier alpha value is -3.43. The maximum Gasteiger partial charge on any atom is 0.248 e. The number of nitrogens with zero attached hydrogens (tertiary/aromatic N) is 2. The molecule has 0 aliphatic carbocycles. The fourth-order valence-corrected chi connectivity index (χ4v) is 6.56. The van der Waals surface area contributed by atoms with Crippen LogP contribution in [0.5, 0.6) is 5.75 Å². The number of nitrogens with one attached hydrogen (secondary N) is 1. The van der Waals surface area contributed by atoms with Crippen LogP contribution in [0, 0.1) is 33.6 Å². The summed E-state index contributed by atoms with van der Waals surface area (Å²) in [5.41, 5.74) is 5.36. The molecular weight excluding hydrogens is 490 g/mol. The molecule has 0 saturated carbocycles. The van der Waals surface area contributed by atoms with E-state index in [4.69, 9.17) is 9.26 Å². The van der Waals surface area contributed by atoms with Gasteiger partial charge in [0.15, 0.2) is 10.7 Å². The van der Waals surface area contributed by atoms with E-state index in [2.05, 4.69) is 22.6 Å². The number of ether oxygens (including phenoxy) is 1. The van der Waals surface area contributed by atoms with Crippen molar-refractivity contribution >= 4 is 33.8 Å². The average molecular weight is 524 g/mol. The summed E-state index contributed by atoms with van der Waals surface area (Å²) in [4.78, 5) is 12.9. The van der Waals surface area contributed by atoms with Crippen LogP contribution < -0.4 is 10.1 Å². The molecule has 196 valence electrons. The van der Waals surface area contributed by atoms with Gasteiger partial charge in [0.25, 0.3) is 0 Å². The summed E-state index contributed by atoms with van der Waals surface area (Å²) in [5.74, 6) is 0.446. The zero-order valence-electron chi connectivity index (χ0n) is 21.9. The topological polar surface area (TPSA) is 102 Å². The fraction of sp³-hybridized carbons (Fsp3) is 0.357. The molecule has 0 radical (unpaired) electrons. The number of hydrogen-bond donors (Lipinski definition) is 1. The minimum absolute atomic E-state index is 0.0745. The monoisotopic (exact) mass is 523 g/mol. The summed E-state index contributed by atoms with van der Waals surface area (Å²) in [7, 11) is -2.28. The number of methoxy groups -OCH3 is 1. The number of anilines is 1. The maximum atomic E-state index is 13.6. The van der Waals surface area contributed by atoms with Crippen molar-refractivity contribution in [2.75, 3.05) is 25.5 Å². The highest BCUT2D eigenvalue weighted by atomic mass is 32.2. The van der Waals surface area contributed by atoms with Gasteiger partial charge in [-0.05, 0) is 75.4 Å². The second kappa shape index (κ2) is 10.9. The minimum atomic E-state index is -3.85. The fourth-order valence-electron chi connectivity index (χ4n) is 4.84. The third-order valence-electron chi connectivity index (χ3n) is 6.73. The van der Waals surface area contributed by atoms with E-state index < -0.39 is 10.0 Å². The SMILES string of the molecule is COc1cccc(NC(=O)C2CCN(S(=O)(=O)c3c(C)noc3/C=C/c3c(C)cc(C)cc3C)CC2)c1. The number of amides is 1. The number of carbonyl (C=O) groups is 1. The number of benzene rings is 2. The summed E-state index contributed by atoms with van der Waals surface area (Å²) in [6.07, 6.45) is 4.39. The van der Waals surface area contributed by atoms with Crippen molar-refractivity contribution in [1.82, 2.24) is 9.46 Å². The Kier molecular flexibility index (Phi) is 7.85. The maximum absolute atomic E-state index is 13.6. The van der Waals surface area contributed by atoms with Gasteiger partial charge in [-0.15, -0.1) is 0 Å². The van der Waals surface area contributed by atoms with Crippen molar-refractivity contribution in [2.45, 2.75) is 45.4 Å². The normalized spacial score (nSPS) is 15.3. The highest BCUT2D eigenvalue weighted by Gasteiger charge is 2.36. The van der Waals surface area contributed by atoms with E-state index in [-0.39, 0.29) is 35.6 Å². The van der Waals surface area contributed by atoms with Gasteiger partial charge in [-0.3, -0.25) is 4.79 Å². The zero-order chi connectivity index (χ0) is 26.7. The van der Waals surface area contributed by atoms with Gasteiger partial charge in [-0.1, -0.05) is 35.0 Å². The number of aryl methyl sites for hydroxylation is 4. The van der Waals surface area contributed by atoms with Crippen LogP contribution in [0.25, 0.3) is 12.2 Å². The Balaban J connectivity index is 1.47. The predicted octanol–water partition coefficient (Wildman–Crippen LogP) is 5.13. The lowest BCUT2D eigenvalue weighted by atomic mass is 9.97. The van der Waals surface area contributed by atoms with E-state index >= 15 is 0 Å². The molecule has 2 heterocycles. The van der Waals surface area contributed by atoms with Crippen LogP contribution in [0.3, 0.4) is 0 Å². The predicted molar refractivity (Wildman–Crippen MR) is 144 cm³/mol. The molecular formula is C28H33N3O5S. The van der Waals surface area contributed by atoms with Crippen LogP contribution in [-0.4, -0.2) is 44.0 Å². The molecule has 2 aromatic carbocycles. The quantitative estimate of drug-likeness (QED) is 0.461. The highest BCUT2D eigenvalue weighted by Crippen LogP contribution is 2.30. The Morgan fingerprint density at radius 3 is 2.41 bits per heavy atom. The Bertz CT molecular complexity index is 1410. The Morgan fingerprint density at radius 2 is 1.76 bits per heavy atom. The largest absolute Gasteiger partial charge is 0.497 e. The van der Waals surface area contributed by atoms with Crippen LogP contribution >= 0.6 is 0 Å². The van der Waals surface area contributed by atoms with Crippen molar-refractivity contribution < 1.29 is 22.5 Å². The molecule has 8 nitrogen and oxygen atoms in total. The molecule has 0 bridgehead atoms. The molecule has 0 spiro atoms. The van der Waals surface area contributed by atoms with Gasteiger partial charge in [0, 0.05) is 30.8 Å². The van der Waals surface area contributed by atoms with Gasteiger partial charge in [0.1, 0.15) is 11.4 Å².